The molecule has 2 aromatic carbocycles. The first-order chi connectivity index (χ1) is 9.66. The molecule has 0 spiro atoms. The number of pyridine rings is 1. The van der Waals surface area contributed by atoms with Crippen molar-refractivity contribution in [1.29, 1.82) is 0 Å². The van der Waals surface area contributed by atoms with E-state index in [1.165, 1.54) is 0 Å². The molecule has 0 aliphatic rings. The molecule has 20 heavy (non-hydrogen) atoms. The topological polar surface area (TPSA) is 33.1 Å². The maximum absolute atomic E-state index is 10.7. The van der Waals surface area contributed by atoms with E-state index >= 15 is 0 Å². The van der Waals surface area contributed by atoms with E-state index < -0.39 is 6.10 Å². The Balaban J connectivity index is 2.17. The van der Waals surface area contributed by atoms with Crippen LogP contribution in [0.3, 0.4) is 0 Å². The van der Waals surface area contributed by atoms with Crippen LogP contribution in [-0.4, -0.2) is 10.1 Å². The van der Waals surface area contributed by atoms with Crippen LogP contribution < -0.4 is 0 Å². The van der Waals surface area contributed by atoms with Crippen molar-refractivity contribution in [3.63, 3.8) is 0 Å². The largest absolute Gasteiger partial charge is 0.384 e. The second kappa shape index (κ2) is 5.52. The van der Waals surface area contributed by atoms with Crippen LogP contribution in [0.1, 0.15) is 17.2 Å². The summed E-state index contributed by atoms with van der Waals surface area (Å²) in [6.45, 7) is 0. The van der Waals surface area contributed by atoms with Gasteiger partial charge in [0.1, 0.15) is 6.10 Å². The maximum atomic E-state index is 10.7. The number of halogens is 2. The summed E-state index contributed by atoms with van der Waals surface area (Å²) in [6.07, 6.45) is 0.990. The van der Waals surface area contributed by atoms with Gasteiger partial charge in [-0.3, -0.25) is 4.98 Å². The molecular formula is C16H11BrClNO. The van der Waals surface area contributed by atoms with E-state index in [1.54, 1.807) is 18.3 Å². The van der Waals surface area contributed by atoms with E-state index in [4.69, 9.17) is 11.6 Å². The average Bonchev–Trinajstić information content (AvgIpc) is 2.48. The normalized spacial score (nSPS) is 12.6. The van der Waals surface area contributed by atoms with Crippen LogP contribution in [0.2, 0.25) is 5.02 Å². The minimum absolute atomic E-state index is 0.598. The second-order valence-corrected chi connectivity index (χ2v) is 5.78. The zero-order chi connectivity index (χ0) is 14.1. The summed E-state index contributed by atoms with van der Waals surface area (Å²) in [5.41, 5.74) is 2.43. The van der Waals surface area contributed by atoms with Gasteiger partial charge in [0.15, 0.2) is 0 Å². The highest BCUT2D eigenvalue weighted by molar-refractivity contribution is 9.10. The number of rotatable bonds is 2. The molecule has 100 valence electrons. The van der Waals surface area contributed by atoms with Crippen LogP contribution in [-0.2, 0) is 0 Å². The Hall–Kier alpha value is -1.42. The zero-order valence-corrected chi connectivity index (χ0v) is 12.8. The van der Waals surface area contributed by atoms with Gasteiger partial charge in [0.05, 0.1) is 5.52 Å². The van der Waals surface area contributed by atoms with Gasteiger partial charge in [0.2, 0.25) is 0 Å². The fourth-order valence-corrected chi connectivity index (χ4v) is 2.90. The Morgan fingerprint density at radius 2 is 1.90 bits per heavy atom. The minimum Gasteiger partial charge on any atom is -0.384 e. The molecule has 0 bridgehead atoms. The van der Waals surface area contributed by atoms with Gasteiger partial charge in [0.25, 0.3) is 0 Å². The molecule has 2 nitrogen and oxygen atoms in total. The van der Waals surface area contributed by atoms with Gasteiger partial charge in [-0.05, 0) is 35.9 Å². The summed E-state index contributed by atoms with van der Waals surface area (Å²) in [5, 5.41) is 12.2. The first kappa shape index (κ1) is 13.6. The van der Waals surface area contributed by atoms with Crippen molar-refractivity contribution in [2.75, 3.05) is 0 Å². The lowest BCUT2D eigenvalue weighted by molar-refractivity contribution is 0.221. The van der Waals surface area contributed by atoms with Gasteiger partial charge >= 0.3 is 0 Å². The Bertz CT molecular complexity index is 770. The first-order valence-electron chi connectivity index (χ1n) is 6.13. The average molecular weight is 349 g/mol. The summed E-state index contributed by atoms with van der Waals surface area (Å²) in [5.74, 6) is 0. The molecule has 0 radical (unpaired) electrons. The van der Waals surface area contributed by atoms with E-state index in [0.29, 0.717) is 5.02 Å². The van der Waals surface area contributed by atoms with Crippen molar-refractivity contribution in [3.05, 3.63) is 75.4 Å². The molecule has 0 aliphatic heterocycles. The molecule has 1 heterocycles. The first-order valence-corrected chi connectivity index (χ1v) is 7.30. The highest BCUT2D eigenvalue weighted by Crippen LogP contribution is 2.33. The van der Waals surface area contributed by atoms with E-state index in [9.17, 15) is 5.11 Å². The number of benzene rings is 2. The Kier molecular flexibility index (Phi) is 3.74. The standard InChI is InChI=1S/C16H11BrClNO/c17-14-7-6-10(18)9-13(14)16(20)12-3-1-5-15-11(12)4-2-8-19-15/h1-9,16,20H. The molecule has 3 rings (SSSR count). The summed E-state index contributed by atoms with van der Waals surface area (Å²) in [6, 6.07) is 14.9. The van der Waals surface area contributed by atoms with Crippen LogP contribution in [0.5, 0.6) is 0 Å². The number of fused-ring (bicyclic) bond motifs is 1. The van der Waals surface area contributed by atoms with Crippen LogP contribution >= 0.6 is 27.5 Å². The third-order valence-electron chi connectivity index (χ3n) is 3.23. The molecule has 3 aromatic rings. The highest BCUT2D eigenvalue weighted by Gasteiger charge is 2.16. The quantitative estimate of drug-likeness (QED) is 0.726. The van der Waals surface area contributed by atoms with Crippen LogP contribution in [0.25, 0.3) is 10.9 Å². The number of aliphatic hydroxyl groups excluding tert-OH is 1. The van der Waals surface area contributed by atoms with Crippen molar-refractivity contribution in [1.82, 2.24) is 4.98 Å². The second-order valence-electron chi connectivity index (χ2n) is 4.49. The summed E-state index contributed by atoms with van der Waals surface area (Å²) >= 11 is 9.48. The van der Waals surface area contributed by atoms with Crippen LogP contribution in [0, 0.1) is 0 Å². The van der Waals surface area contributed by atoms with Gasteiger partial charge in [-0.25, -0.2) is 0 Å². The zero-order valence-electron chi connectivity index (χ0n) is 10.4. The highest BCUT2D eigenvalue weighted by atomic mass is 79.9. The third-order valence-corrected chi connectivity index (χ3v) is 4.18. The molecule has 1 unspecified atom stereocenters. The van der Waals surface area contributed by atoms with E-state index in [2.05, 4.69) is 20.9 Å². The molecule has 1 aromatic heterocycles. The SMILES string of the molecule is OC(c1cc(Cl)ccc1Br)c1cccc2ncccc12. The monoisotopic (exact) mass is 347 g/mol. The summed E-state index contributed by atoms with van der Waals surface area (Å²) < 4.78 is 0.829. The van der Waals surface area contributed by atoms with Gasteiger partial charge in [0, 0.05) is 26.6 Å². The van der Waals surface area contributed by atoms with E-state index in [1.807, 2.05) is 36.4 Å². The predicted octanol–water partition coefficient (Wildman–Crippen LogP) is 4.73. The molecule has 1 atom stereocenters. The molecule has 0 saturated carbocycles. The van der Waals surface area contributed by atoms with E-state index in [0.717, 1.165) is 26.5 Å². The molecule has 4 heteroatoms. The van der Waals surface area contributed by atoms with Crippen molar-refractivity contribution >= 4 is 38.4 Å². The predicted molar refractivity (Wildman–Crippen MR) is 85.0 cm³/mol. The third kappa shape index (κ3) is 2.44. The van der Waals surface area contributed by atoms with Gasteiger partial charge in [-0.1, -0.05) is 45.7 Å². The molecule has 0 aliphatic carbocycles. The number of aliphatic hydroxyl groups is 1. The van der Waals surface area contributed by atoms with Crippen molar-refractivity contribution < 1.29 is 5.11 Å². The molecule has 1 N–H and O–H groups in total. The van der Waals surface area contributed by atoms with Crippen LogP contribution in [0.4, 0.5) is 0 Å². The Labute approximate surface area is 130 Å². The Morgan fingerprint density at radius 1 is 1.05 bits per heavy atom. The number of hydrogen-bond acceptors (Lipinski definition) is 2. The fourth-order valence-electron chi connectivity index (χ4n) is 2.26. The Morgan fingerprint density at radius 3 is 2.75 bits per heavy atom. The lowest BCUT2D eigenvalue weighted by Gasteiger charge is -2.15. The number of aromatic nitrogens is 1. The van der Waals surface area contributed by atoms with Crippen LogP contribution in [0.15, 0.2) is 59.2 Å². The number of hydrogen-bond donors (Lipinski definition) is 1. The summed E-state index contributed by atoms with van der Waals surface area (Å²) in [7, 11) is 0. The molecule has 0 fully saturated rings. The van der Waals surface area contributed by atoms with Gasteiger partial charge in [-0.2, -0.15) is 0 Å². The number of nitrogens with zero attached hydrogens (tertiary/aromatic N) is 1. The van der Waals surface area contributed by atoms with Gasteiger partial charge in [-0.15, -0.1) is 0 Å². The molecule has 0 amide bonds. The lowest BCUT2D eigenvalue weighted by Crippen LogP contribution is -2.02. The lowest BCUT2D eigenvalue weighted by atomic mass is 9.98. The van der Waals surface area contributed by atoms with Gasteiger partial charge < -0.3 is 5.11 Å². The minimum atomic E-state index is -0.754. The smallest absolute Gasteiger partial charge is 0.106 e. The van der Waals surface area contributed by atoms with Crippen molar-refractivity contribution in [2.45, 2.75) is 6.10 Å². The molecular weight excluding hydrogens is 338 g/mol. The summed E-state index contributed by atoms with van der Waals surface area (Å²) in [4.78, 5) is 4.31. The van der Waals surface area contributed by atoms with Crippen molar-refractivity contribution in [3.8, 4) is 0 Å². The molecule has 0 saturated heterocycles. The maximum Gasteiger partial charge on any atom is 0.106 e. The van der Waals surface area contributed by atoms with Crippen molar-refractivity contribution in [2.24, 2.45) is 0 Å². The van der Waals surface area contributed by atoms with E-state index in [-0.39, 0.29) is 0 Å². The fraction of sp³-hybridized carbons (Fsp3) is 0.0625.